The van der Waals surface area contributed by atoms with E-state index < -0.39 is 0 Å². The topological polar surface area (TPSA) is 61.3 Å². The normalized spacial score (nSPS) is 27.7. The molecular formula is C21H23N3O2. The van der Waals surface area contributed by atoms with Crippen molar-refractivity contribution in [2.75, 3.05) is 13.1 Å². The first-order chi connectivity index (χ1) is 12.7. The van der Waals surface area contributed by atoms with Crippen LogP contribution in [0.1, 0.15) is 30.3 Å². The van der Waals surface area contributed by atoms with Crippen LogP contribution in [-0.2, 0) is 0 Å². The van der Waals surface area contributed by atoms with Gasteiger partial charge in [-0.2, -0.15) is 0 Å². The summed E-state index contributed by atoms with van der Waals surface area (Å²) < 4.78 is 5.87. The Morgan fingerprint density at radius 2 is 2.04 bits per heavy atom. The largest absolute Gasteiger partial charge is 0.451 e. The summed E-state index contributed by atoms with van der Waals surface area (Å²) in [6.07, 6.45) is 4.27. The molecule has 0 aliphatic carbocycles. The number of fused-ring (bicyclic) bond motifs is 4. The fourth-order valence-electron chi connectivity index (χ4n) is 4.58. The van der Waals surface area contributed by atoms with E-state index in [1.54, 1.807) is 6.07 Å². The quantitative estimate of drug-likeness (QED) is 0.759. The van der Waals surface area contributed by atoms with Crippen LogP contribution in [0.3, 0.4) is 0 Å². The first-order valence-corrected chi connectivity index (χ1v) is 9.41. The molecule has 0 unspecified atom stereocenters. The number of H-pyrrole nitrogens is 1. The monoisotopic (exact) mass is 349 g/mol. The van der Waals surface area contributed by atoms with E-state index in [0.717, 1.165) is 29.6 Å². The predicted octanol–water partition coefficient (Wildman–Crippen LogP) is 3.64. The number of carbonyl (C=O) groups is 1. The van der Waals surface area contributed by atoms with E-state index in [-0.39, 0.29) is 11.9 Å². The van der Waals surface area contributed by atoms with Crippen molar-refractivity contribution < 1.29 is 9.21 Å². The Morgan fingerprint density at radius 1 is 1.19 bits per heavy atom. The lowest BCUT2D eigenvalue weighted by molar-refractivity contribution is 0.0211. The van der Waals surface area contributed by atoms with Gasteiger partial charge in [0.05, 0.1) is 0 Å². The van der Waals surface area contributed by atoms with Crippen LogP contribution >= 0.6 is 0 Å². The number of piperidine rings is 3. The van der Waals surface area contributed by atoms with Crippen molar-refractivity contribution in [3.8, 4) is 11.3 Å². The van der Waals surface area contributed by atoms with E-state index in [2.05, 4.69) is 28.2 Å². The van der Waals surface area contributed by atoms with Crippen LogP contribution in [-0.4, -0.2) is 41.0 Å². The SMILES string of the molecule is C[C@@H]1[C@H](NC(=O)c2ccc(-c3ccc4cc[nH]c4c3)o2)C2CCN1CC2. The summed E-state index contributed by atoms with van der Waals surface area (Å²) in [5.74, 6) is 1.58. The summed E-state index contributed by atoms with van der Waals surface area (Å²) in [7, 11) is 0. The Kier molecular flexibility index (Phi) is 3.64. The van der Waals surface area contributed by atoms with Crippen LogP contribution in [0.4, 0.5) is 0 Å². The maximum absolute atomic E-state index is 12.7. The highest BCUT2D eigenvalue weighted by atomic mass is 16.3. The molecule has 134 valence electrons. The minimum Gasteiger partial charge on any atom is -0.451 e. The van der Waals surface area contributed by atoms with Crippen LogP contribution in [0.2, 0.25) is 0 Å². The molecule has 0 radical (unpaired) electrons. The number of amides is 1. The molecule has 5 nitrogen and oxygen atoms in total. The summed E-state index contributed by atoms with van der Waals surface area (Å²) >= 11 is 0. The van der Waals surface area contributed by atoms with Crippen LogP contribution in [0.5, 0.6) is 0 Å². The average Bonchev–Trinajstić information content (AvgIpc) is 3.33. The lowest BCUT2D eigenvalue weighted by atomic mass is 9.79. The van der Waals surface area contributed by atoms with Crippen molar-refractivity contribution in [1.29, 1.82) is 0 Å². The molecular weight excluding hydrogens is 326 g/mol. The van der Waals surface area contributed by atoms with E-state index >= 15 is 0 Å². The van der Waals surface area contributed by atoms with E-state index in [1.807, 2.05) is 30.5 Å². The van der Waals surface area contributed by atoms with Gasteiger partial charge in [-0.3, -0.25) is 9.69 Å². The second-order valence-corrected chi connectivity index (χ2v) is 7.56. The zero-order chi connectivity index (χ0) is 17.7. The Balaban J connectivity index is 1.35. The molecule has 3 aliphatic rings. The van der Waals surface area contributed by atoms with Crippen LogP contribution in [0, 0.1) is 5.92 Å². The van der Waals surface area contributed by atoms with Gasteiger partial charge >= 0.3 is 0 Å². The van der Waals surface area contributed by atoms with Gasteiger partial charge in [0.25, 0.3) is 5.91 Å². The third-order valence-electron chi connectivity index (χ3n) is 6.14. The average molecular weight is 349 g/mol. The predicted molar refractivity (Wildman–Crippen MR) is 101 cm³/mol. The molecule has 2 bridgehead atoms. The van der Waals surface area contributed by atoms with Gasteiger partial charge in [-0.25, -0.2) is 0 Å². The van der Waals surface area contributed by atoms with E-state index in [1.165, 1.54) is 12.8 Å². The Labute approximate surface area is 152 Å². The van der Waals surface area contributed by atoms with Crippen molar-refractivity contribution in [2.45, 2.75) is 31.8 Å². The highest BCUT2D eigenvalue weighted by Gasteiger charge is 2.40. The molecule has 3 aliphatic heterocycles. The minimum atomic E-state index is -0.109. The molecule has 2 aromatic heterocycles. The molecule has 2 N–H and O–H groups in total. The number of hydrogen-bond acceptors (Lipinski definition) is 3. The number of aromatic nitrogens is 1. The molecule has 1 amide bonds. The zero-order valence-electron chi connectivity index (χ0n) is 14.9. The molecule has 0 spiro atoms. The van der Waals surface area contributed by atoms with Gasteiger partial charge in [-0.1, -0.05) is 12.1 Å². The molecule has 2 atom stereocenters. The lowest BCUT2D eigenvalue weighted by Gasteiger charge is -2.49. The molecule has 0 saturated carbocycles. The number of benzene rings is 1. The van der Waals surface area contributed by atoms with Crippen molar-refractivity contribution in [2.24, 2.45) is 5.92 Å². The van der Waals surface area contributed by atoms with Gasteiger partial charge in [0.15, 0.2) is 5.76 Å². The summed E-state index contributed by atoms with van der Waals surface area (Å²) in [4.78, 5) is 18.4. The van der Waals surface area contributed by atoms with Crippen molar-refractivity contribution in [3.63, 3.8) is 0 Å². The molecule has 3 saturated heterocycles. The summed E-state index contributed by atoms with van der Waals surface area (Å²) in [5.41, 5.74) is 2.03. The molecule has 26 heavy (non-hydrogen) atoms. The number of nitrogens with one attached hydrogen (secondary N) is 2. The van der Waals surface area contributed by atoms with E-state index in [9.17, 15) is 4.79 Å². The molecule has 3 fully saturated rings. The Hall–Kier alpha value is -2.53. The van der Waals surface area contributed by atoms with E-state index in [0.29, 0.717) is 23.5 Å². The maximum Gasteiger partial charge on any atom is 0.287 e. The van der Waals surface area contributed by atoms with Gasteiger partial charge in [-0.15, -0.1) is 0 Å². The van der Waals surface area contributed by atoms with Gasteiger partial charge in [0.1, 0.15) is 5.76 Å². The van der Waals surface area contributed by atoms with Crippen LogP contribution in [0.25, 0.3) is 22.2 Å². The third-order valence-corrected chi connectivity index (χ3v) is 6.14. The summed E-state index contributed by atoms with van der Waals surface area (Å²) in [6.45, 7) is 4.53. The number of carbonyl (C=O) groups excluding carboxylic acids is 1. The van der Waals surface area contributed by atoms with Crippen LogP contribution < -0.4 is 5.32 Å². The first-order valence-electron chi connectivity index (χ1n) is 9.41. The summed E-state index contributed by atoms with van der Waals surface area (Å²) in [6, 6.07) is 12.4. The Morgan fingerprint density at radius 3 is 2.85 bits per heavy atom. The number of furan rings is 1. The molecule has 1 aromatic carbocycles. The highest BCUT2D eigenvalue weighted by molar-refractivity contribution is 5.92. The smallest absolute Gasteiger partial charge is 0.287 e. The van der Waals surface area contributed by atoms with Crippen molar-refractivity contribution in [1.82, 2.24) is 15.2 Å². The van der Waals surface area contributed by atoms with Crippen LogP contribution in [0.15, 0.2) is 47.0 Å². The standard InChI is InChI=1S/C21H23N3O2/c1-13-20(15-7-10-24(13)11-8-15)23-21(25)19-5-4-18(26-19)16-3-2-14-6-9-22-17(14)12-16/h2-6,9,12-13,15,20,22H,7-8,10-11H2,1H3,(H,23,25)/t13-,20+/m1/s1. The Bertz CT molecular complexity index is 947. The second kappa shape index (κ2) is 6.02. The zero-order valence-corrected chi connectivity index (χ0v) is 14.9. The summed E-state index contributed by atoms with van der Waals surface area (Å²) in [5, 5.41) is 4.39. The second-order valence-electron chi connectivity index (χ2n) is 7.56. The van der Waals surface area contributed by atoms with Gasteiger partial charge < -0.3 is 14.7 Å². The molecule has 5 heterocycles. The van der Waals surface area contributed by atoms with Gasteiger partial charge in [0.2, 0.25) is 0 Å². The maximum atomic E-state index is 12.7. The van der Waals surface area contributed by atoms with Crippen molar-refractivity contribution in [3.05, 3.63) is 48.4 Å². The fraction of sp³-hybridized carbons (Fsp3) is 0.381. The number of aromatic amines is 1. The van der Waals surface area contributed by atoms with Gasteiger partial charge in [0, 0.05) is 29.4 Å². The molecule has 5 heteroatoms. The fourth-order valence-corrected chi connectivity index (χ4v) is 4.58. The first kappa shape index (κ1) is 15.7. The lowest BCUT2D eigenvalue weighted by Crippen LogP contribution is -2.62. The van der Waals surface area contributed by atoms with Gasteiger partial charge in [-0.05, 0) is 68.4 Å². The number of nitrogens with zero attached hydrogens (tertiary/aromatic N) is 1. The van der Waals surface area contributed by atoms with Crippen molar-refractivity contribution >= 4 is 16.8 Å². The molecule has 6 rings (SSSR count). The third kappa shape index (κ3) is 2.54. The van der Waals surface area contributed by atoms with E-state index in [4.69, 9.17) is 4.42 Å². The number of hydrogen-bond donors (Lipinski definition) is 2. The highest BCUT2D eigenvalue weighted by Crippen LogP contribution is 2.32. The number of rotatable bonds is 3. The minimum absolute atomic E-state index is 0.109. The molecule has 3 aromatic rings.